The summed E-state index contributed by atoms with van der Waals surface area (Å²) in [7, 11) is 1.43. The molecule has 0 aliphatic carbocycles. The average Bonchev–Trinajstić information content (AvgIpc) is 2.86. The lowest BCUT2D eigenvalue weighted by atomic mass is 10.1. The van der Waals surface area contributed by atoms with Gasteiger partial charge in [-0.3, -0.25) is 14.9 Å². The molecule has 10 heteroatoms. The first kappa shape index (κ1) is 24.0. The number of ether oxygens (including phenoxy) is 2. The molecule has 1 saturated heterocycles. The number of barbiturate groups is 1. The Kier molecular flexibility index (Phi) is 6.68. The number of methoxy groups -OCH3 is 1. The smallest absolute Gasteiger partial charge is 0.335 e. The van der Waals surface area contributed by atoms with Gasteiger partial charge in [0.1, 0.15) is 17.9 Å². The molecule has 0 bridgehead atoms. The van der Waals surface area contributed by atoms with Crippen LogP contribution in [0.4, 0.5) is 10.5 Å². The van der Waals surface area contributed by atoms with Crippen LogP contribution in [0.15, 0.2) is 72.3 Å². The molecule has 0 atom stereocenters. The number of aromatic carboxylic acids is 1. The van der Waals surface area contributed by atoms with E-state index in [0.717, 1.165) is 10.5 Å². The molecule has 0 aromatic heterocycles. The van der Waals surface area contributed by atoms with Gasteiger partial charge in [-0.25, -0.2) is 14.5 Å². The van der Waals surface area contributed by atoms with Gasteiger partial charge in [0, 0.05) is 0 Å². The molecule has 1 heterocycles. The number of nitrogens with zero attached hydrogens (tertiary/aromatic N) is 1. The predicted octanol–water partition coefficient (Wildman–Crippen LogP) is 3.34. The zero-order chi connectivity index (χ0) is 25.8. The number of amides is 4. The van der Waals surface area contributed by atoms with E-state index in [9.17, 15) is 24.3 Å². The van der Waals surface area contributed by atoms with Crippen LogP contribution in [-0.2, 0) is 16.2 Å². The van der Waals surface area contributed by atoms with E-state index in [4.69, 9.17) is 14.6 Å². The van der Waals surface area contributed by atoms with Gasteiger partial charge in [-0.15, -0.1) is 0 Å². The molecule has 1 aliphatic rings. The molecular weight excluding hydrogens is 468 g/mol. The third-order valence-corrected chi connectivity index (χ3v) is 5.30. The van der Waals surface area contributed by atoms with Crippen molar-refractivity contribution >= 4 is 35.6 Å². The number of aromatic hydroxyl groups is 1. The number of carboxylic acids is 1. The predicted molar refractivity (Wildman–Crippen MR) is 128 cm³/mol. The summed E-state index contributed by atoms with van der Waals surface area (Å²) in [6.07, 6.45) is 1.33. The summed E-state index contributed by atoms with van der Waals surface area (Å²) >= 11 is 0. The van der Waals surface area contributed by atoms with Crippen molar-refractivity contribution in [2.75, 3.05) is 12.0 Å². The number of benzene rings is 3. The van der Waals surface area contributed by atoms with E-state index >= 15 is 0 Å². The maximum Gasteiger partial charge on any atom is 0.335 e. The number of carboxylic acid groups (broad SMARTS) is 1. The van der Waals surface area contributed by atoms with Gasteiger partial charge in [0.15, 0.2) is 11.5 Å². The summed E-state index contributed by atoms with van der Waals surface area (Å²) in [5.74, 6) is -2.00. The van der Waals surface area contributed by atoms with Gasteiger partial charge in [0.25, 0.3) is 11.8 Å². The van der Waals surface area contributed by atoms with Crippen molar-refractivity contribution in [2.45, 2.75) is 6.61 Å². The topological polar surface area (TPSA) is 142 Å². The Hall–Kier alpha value is -5.12. The molecule has 0 saturated carbocycles. The summed E-state index contributed by atoms with van der Waals surface area (Å²) in [5, 5.41) is 20.6. The van der Waals surface area contributed by atoms with Crippen LogP contribution in [0.1, 0.15) is 21.5 Å². The fourth-order valence-electron chi connectivity index (χ4n) is 3.46. The first-order valence-electron chi connectivity index (χ1n) is 10.6. The second kappa shape index (κ2) is 10.0. The maximum atomic E-state index is 13.0. The summed E-state index contributed by atoms with van der Waals surface area (Å²) in [5.41, 5.74) is 1.28. The third-order valence-electron chi connectivity index (χ3n) is 5.30. The highest BCUT2D eigenvalue weighted by molar-refractivity contribution is 6.39. The minimum atomic E-state index is -1.02. The molecule has 0 unspecified atom stereocenters. The molecule has 10 nitrogen and oxygen atoms in total. The van der Waals surface area contributed by atoms with Crippen molar-refractivity contribution in [3.63, 3.8) is 0 Å². The van der Waals surface area contributed by atoms with Gasteiger partial charge in [0.05, 0.1) is 18.4 Å². The Morgan fingerprint density at radius 3 is 2.31 bits per heavy atom. The normalized spacial score (nSPS) is 14.5. The monoisotopic (exact) mass is 488 g/mol. The molecule has 3 N–H and O–H groups in total. The zero-order valence-corrected chi connectivity index (χ0v) is 18.9. The van der Waals surface area contributed by atoms with Crippen molar-refractivity contribution in [3.05, 3.63) is 89.0 Å². The third kappa shape index (κ3) is 5.02. The van der Waals surface area contributed by atoms with Crippen molar-refractivity contribution in [2.24, 2.45) is 0 Å². The number of hydrogen-bond acceptors (Lipinski definition) is 7. The highest BCUT2D eigenvalue weighted by Crippen LogP contribution is 2.31. The fraction of sp³-hybridized carbons (Fsp3) is 0.0769. The Balaban J connectivity index is 1.55. The second-order valence-electron chi connectivity index (χ2n) is 7.68. The molecule has 0 spiro atoms. The Morgan fingerprint density at radius 2 is 1.67 bits per heavy atom. The van der Waals surface area contributed by atoms with Crippen LogP contribution in [-0.4, -0.2) is 41.1 Å². The Labute approximate surface area is 205 Å². The van der Waals surface area contributed by atoms with Crippen molar-refractivity contribution in [1.82, 2.24) is 5.32 Å². The lowest BCUT2D eigenvalue weighted by Gasteiger charge is -2.26. The van der Waals surface area contributed by atoms with Gasteiger partial charge in [0.2, 0.25) is 0 Å². The SMILES string of the molecule is COc1cc(/C=C2\C(=O)NC(=O)N(c3ccc(O)cc3)C2=O)ccc1OCc1ccc(C(=O)O)cc1. The van der Waals surface area contributed by atoms with E-state index in [1.165, 1.54) is 49.6 Å². The quantitative estimate of drug-likeness (QED) is 0.340. The molecular formula is C26H20N2O8. The number of nitrogens with one attached hydrogen (secondary N) is 1. The van der Waals surface area contributed by atoms with E-state index in [2.05, 4.69) is 5.32 Å². The molecule has 0 radical (unpaired) electrons. The largest absolute Gasteiger partial charge is 0.508 e. The molecule has 3 aromatic carbocycles. The van der Waals surface area contributed by atoms with Crippen LogP contribution in [0.2, 0.25) is 0 Å². The zero-order valence-electron chi connectivity index (χ0n) is 18.9. The average molecular weight is 488 g/mol. The number of carbonyl (C=O) groups excluding carboxylic acids is 3. The van der Waals surface area contributed by atoms with Gasteiger partial charge in [-0.1, -0.05) is 18.2 Å². The fourth-order valence-corrected chi connectivity index (χ4v) is 3.46. The van der Waals surface area contributed by atoms with Crippen LogP contribution in [0.5, 0.6) is 17.2 Å². The second-order valence-corrected chi connectivity index (χ2v) is 7.68. The van der Waals surface area contributed by atoms with Crippen molar-refractivity contribution in [1.29, 1.82) is 0 Å². The van der Waals surface area contributed by atoms with Crippen LogP contribution in [0.3, 0.4) is 0 Å². The molecule has 4 rings (SSSR count). The maximum absolute atomic E-state index is 13.0. The highest BCUT2D eigenvalue weighted by atomic mass is 16.5. The van der Waals surface area contributed by atoms with Crippen LogP contribution in [0, 0.1) is 0 Å². The molecule has 3 aromatic rings. The lowest BCUT2D eigenvalue weighted by Crippen LogP contribution is -2.54. The first-order valence-corrected chi connectivity index (χ1v) is 10.6. The minimum absolute atomic E-state index is 0.0397. The summed E-state index contributed by atoms with van der Waals surface area (Å²) in [4.78, 5) is 49.5. The van der Waals surface area contributed by atoms with Gasteiger partial charge in [-0.05, 0) is 65.7 Å². The molecule has 1 fully saturated rings. The van der Waals surface area contributed by atoms with Gasteiger partial charge >= 0.3 is 12.0 Å². The number of carbonyl (C=O) groups is 4. The van der Waals surface area contributed by atoms with Crippen LogP contribution in [0.25, 0.3) is 6.08 Å². The molecule has 182 valence electrons. The number of phenolic OH excluding ortho intramolecular Hbond substituents is 1. The van der Waals surface area contributed by atoms with Gasteiger partial charge < -0.3 is 19.7 Å². The van der Waals surface area contributed by atoms with E-state index in [1.807, 2.05) is 0 Å². The standard InChI is InChI=1S/C26H20N2O8/c1-35-22-13-16(4-11-21(22)36-14-15-2-5-17(6-3-15)25(32)33)12-20-23(30)27-26(34)28(24(20)31)18-7-9-19(29)10-8-18/h2-13,29H,14H2,1H3,(H,32,33)(H,27,30,34)/b20-12+. The molecule has 36 heavy (non-hydrogen) atoms. The molecule has 4 amide bonds. The van der Waals surface area contributed by atoms with Crippen molar-refractivity contribution in [3.8, 4) is 17.2 Å². The summed E-state index contributed by atoms with van der Waals surface area (Å²) in [6.45, 7) is 0.154. The van der Waals surface area contributed by atoms with E-state index < -0.39 is 23.8 Å². The number of phenols is 1. The number of imide groups is 2. The van der Waals surface area contributed by atoms with Crippen molar-refractivity contribution < 1.29 is 38.9 Å². The minimum Gasteiger partial charge on any atom is -0.508 e. The Bertz CT molecular complexity index is 1380. The number of rotatable bonds is 7. The molecule has 1 aliphatic heterocycles. The number of anilines is 1. The van der Waals surface area contributed by atoms with E-state index in [0.29, 0.717) is 17.1 Å². The first-order chi connectivity index (χ1) is 17.3. The van der Waals surface area contributed by atoms with E-state index in [1.54, 1.807) is 30.3 Å². The Morgan fingerprint density at radius 1 is 0.972 bits per heavy atom. The van der Waals surface area contributed by atoms with Crippen LogP contribution < -0.4 is 19.7 Å². The van der Waals surface area contributed by atoms with Crippen LogP contribution >= 0.6 is 0 Å². The van der Waals surface area contributed by atoms with E-state index in [-0.39, 0.29) is 29.2 Å². The highest BCUT2D eigenvalue weighted by Gasteiger charge is 2.36. The number of urea groups is 1. The lowest BCUT2D eigenvalue weighted by molar-refractivity contribution is -0.122. The summed E-state index contributed by atoms with van der Waals surface area (Å²) < 4.78 is 11.2. The number of hydrogen-bond donors (Lipinski definition) is 3. The van der Waals surface area contributed by atoms with Gasteiger partial charge in [-0.2, -0.15) is 0 Å². The summed E-state index contributed by atoms with van der Waals surface area (Å²) in [6, 6.07) is 15.5.